The third-order valence-electron chi connectivity index (χ3n) is 2.79. The van der Waals surface area contributed by atoms with Crippen LogP contribution in [0.1, 0.15) is 13.3 Å². The molecule has 0 saturated carbocycles. The molecule has 0 radical (unpaired) electrons. The van der Waals surface area contributed by atoms with E-state index >= 15 is 0 Å². The van der Waals surface area contributed by atoms with Gasteiger partial charge >= 0.3 is 5.97 Å². The van der Waals surface area contributed by atoms with Crippen LogP contribution in [0.25, 0.3) is 0 Å². The minimum Gasteiger partial charge on any atom is -0.469 e. The second-order valence-electron chi connectivity index (χ2n) is 4.54. The summed E-state index contributed by atoms with van der Waals surface area (Å²) < 4.78 is 4.67. The molecule has 2 unspecified atom stereocenters. The predicted molar refractivity (Wildman–Crippen MR) is 93.1 cm³/mol. The molecule has 0 bridgehead atoms. The molecule has 0 rings (SSSR count). The third-order valence-corrected chi connectivity index (χ3v) is 5.28. The van der Waals surface area contributed by atoms with Gasteiger partial charge in [-0.2, -0.15) is 0 Å². The van der Waals surface area contributed by atoms with Gasteiger partial charge in [-0.15, -0.1) is 0 Å². The van der Waals surface area contributed by atoms with Crippen molar-refractivity contribution in [3.63, 3.8) is 0 Å². The summed E-state index contributed by atoms with van der Waals surface area (Å²) >= 11 is 0. The van der Waals surface area contributed by atoms with Gasteiger partial charge in [0.15, 0.2) is 11.6 Å². The lowest BCUT2D eigenvalue weighted by Crippen LogP contribution is -2.40. The molecule has 0 aromatic carbocycles. The van der Waals surface area contributed by atoms with Crippen LogP contribution in [0.3, 0.4) is 0 Å². The molecule has 128 valence electrons. The molecule has 2 atom stereocenters. The van der Waals surface area contributed by atoms with Gasteiger partial charge in [0.1, 0.15) is 0 Å². The van der Waals surface area contributed by atoms with Crippen molar-refractivity contribution in [2.45, 2.75) is 19.4 Å². The fourth-order valence-electron chi connectivity index (χ4n) is 1.44. The van der Waals surface area contributed by atoms with Crippen LogP contribution in [0.15, 0.2) is 25.3 Å². The lowest BCUT2D eigenvalue weighted by Gasteiger charge is -2.15. The van der Waals surface area contributed by atoms with Crippen molar-refractivity contribution < 1.29 is 23.9 Å². The molecule has 8 heteroatoms. The average molecular weight is 359 g/mol. The highest BCUT2D eigenvalue weighted by Crippen LogP contribution is 2.27. The second kappa shape index (κ2) is 12.0. The molecule has 23 heavy (non-hydrogen) atoms. The number of carbonyl (C=O) groups is 4. The molecule has 0 fully saturated rings. The number of allylic oxidation sites excluding steroid dienone is 1. The normalized spacial score (nSPS) is 12.6. The first-order valence-electron chi connectivity index (χ1n) is 6.76. The molecule has 0 aliphatic carbocycles. The molecule has 0 aliphatic heterocycles. The minimum absolute atomic E-state index is 0.0348. The molecule has 0 aromatic heterocycles. The number of nitrogens with one attached hydrogen (secondary N) is 1. The van der Waals surface area contributed by atoms with E-state index in [-0.39, 0.29) is 18.0 Å². The number of Topliss-reactive ketones (excluding diaryl/α,β-unsaturated/α-hetero) is 1. The van der Waals surface area contributed by atoms with Gasteiger partial charge in [0.2, 0.25) is 5.91 Å². The van der Waals surface area contributed by atoms with E-state index in [0.29, 0.717) is 11.5 Å². The Morgan fingerprint density at radius 1 is 1.13 bits per heavy atom. The minimum atomic E-state index is -0.621. The Morgan fingerprint density at radius 2 is 1.74 bits per heavy atom. The second-order valence-corrected chi connectivity index (χ2v) is 7.09. The van der Waals surface area contributed by atoms with Crippen molar-refractivity contribution in [3.8, 4) is 0 Å². The lowest BCUT2D eigenvalue weighted by atomic mass is 10.1. The summed E-state index contributed by atoms with van der Waals surface area (Å²) in [7, 11) is 3.94. The molecule has 0 heterocycles. The number of hydrogen-bond acceptors (Lipinski definition) is 7. The summed E-state index contributed by atoms with van der Waals surface area (Å²) in [6, 6.07) is -0.621. The molecular weight excluding hydrogens is 338 g/mol. The maximum Gasteiger partial charge on any atom is 0.309 e. The van der Waals surface area contributed by atoms with Gasteiger partial charge in [0, 0.05) is 17.9 Å². The van der Waals surface area contributed by atoms with Gasteiger partial charge in [0.25, 0.3) is 0 Å². The van der Waals surface area contributed by atoms with Crippen molar-refractivity contribution in [3.05, 3.63) is 25.3 Å². The maximum atomic E-state index is 11.6. The number of amides is 1. The van der Waals surface area contributed by atoms with Crippen LogP contribution in [0.2, 0.25) is 0 Å². The van der Waals surface area contributed by atoms with E-state index < -0.39 is 23.8 Å². The number of ketones is 2. The smallest absolute Gasteiger partial charge is 0.309 e. The van der Waals surface area contributed by atoms with E-state index in [1.54, 1.807) is 0 Å². The summed E-state index contributed by atoms with van der Waals surface area (Å²) in [6.07, 6.45) is 2.30. The Balaban J connectivity index is 4.40. The fourth-order valence-corrected chi connectivity index (χ4v) is 3.98. The fraction of sp³-hybridized carbons (Fsp3) is 0.467. The highest BCUT2D eigenvalue weighted by molar-refractivity contribution is 8.76. The van der Waals surface area contributed by atoms with Crippen LogP contribution in [-0.4, -0.2) is 48.1 Å². The first-order chi connectivity index (χ1) is 10.8. The van der Waals surface area contributed by atoms with Crippen molar-refractivity contribution in [2.24, 2.45) is 5.92 Å². The lowest BCUT2D eigenvalue weighted by molar-refractivity contribution is -0.145. The SMILES string of the molecule is C=CC(=O)CC(CSSCC(NC(=O)C=C)C(C)=O)C(=O)OC. The monoisotopic (exact) mass is 359 g/mol. The molecule has 0 saturated heterocycles. The number of carbonyl (C=O) groups excluding carboxylic acids is 4. The Kier molecular flexibility index (Phi) is 11.2. The molecule has 0 aromatic rings. The number of methoxy groups -OCH3 is 1. The Morgan fingerprint density at radius 3 is 2.22 bits per heavy atom. The average Bonchev–Trinajstić information content (AvgIpc) is 2.54. The summed E-state index contributed by atoms with van der Waals surface area (Å²) in [6.45, 7) is 8.09. The van der Waals surface area contributed by atoms with Gasteiger partial charge in [0.05, 0.1) is 19.1 Å². The van der Waals surface area contributed by atoms with Crippen LogP contribution >= 0.6 is 21.6 Å². The quantitative estimate of drug-likeness (QED) is 0.245. The van der Waals surface area contributed by atoms with E-state index in [9.17, 15) is 19.2 Å². The molecular formula is C15H21NO5S2. The van der Waals surface area contributed by atoms with Crippen LogP contribution in [0.5, 0.6) is 0 Å². The zero-order valence-electron chi connectivity index (χ0n) is 13.2. The van der Waals surface area contributed by atoms with Gasteiger partial charge in [-0.05, 0) is 19.1 Å². The number of hydrogen-bond donors (Lipinski definition) is 1. The molecule has 1 N–H and O–H groups in total. The van der Waals surface area contributed by atoms with E-state index in [2.05, 4.69) is 23.2 Å². The van der Waals surface area contributed by atoms with Gasteiger partial charge < -0.3 is 10.1 Å². The highest BCUT2D eigenvalue weighted by Gasteiger charge is 2.22. The maximum absolute atomic E-state index is 11.6. The highest BCUT2D eigenvalue weighted by atomic mass is 33.1. The van der Waals surface area contributed by atoms with Crippen LogP contribution < -0.4 is 5.32 Å². The number of esters is 1. The number of ether oxygens (including phenoxy) is 1. The van der Waals surface area contributed by atoms with Crippen molar-refractivity contribution in [2.75, 3.05) is 18.6 Å². The molecule has 6 nitrogen and oxygen atoms in total. The zero-order chi connectivity index (χ0) is 17.8. The van der Waals surface area contributed by atoms with Gasteiger partial charge in [-0.25, -0.2) is 0 Å². The zero-order valence-corrected chi connectivity index (χ0v) is 14.8. The Bertz CT molecular complexity index is 478. The first kappa shape index (κ1) is 21.5. The summed E-state index contributed by atoms with van der Waals surface area (Å²) in [5, 5.41) is 2.53. The first-order valence-corrected chi connectivity index (χ1v) is 9.25. The standard InChI is InChI=1S/C15H21NO5S2/c1-5-12(18)7-11(15(20)21-4)8-22-23-9-13(10(3)17)16-14(19)6-2/h5-6,11,13H,1-2,7-9H2,3-4H3,(H,16,19). The van der Waals surface area contributed by atoms with E-state index in [1.807, 2.05) is 0 Å². The topological polar surface area (TPSA) is 89.5 Å². The Labute approximate surface area is 143 Å². The van der Waals surface area contributed by atoms with E-state index in [0.717, 1.165) is 6.08 Å². The molecule has 0 spiro atoms. The Hall–Kier alpha value is -1.54. The van der Waals surface area contributed by atoms with Crippen LogP contribution in [0.4, 0.5) is 0 Å². The van der Waals surface area contributed by atoms with E-state index in [1.165, 1.54) is 41.7 Å². The van der Waals surface area contributed by atoms with E-state index in [4.69, 9.17) is 0 Å². The molecule has 1 amide bonds. The van der Waals surface area contributed by atoms with Gasteiger partial charge in [-0.3, -0.25) is 19.2 Å². The largest absolute Gasteiger partial charge is 0.469 e. The number of rotatable bonds is 12. The van der Waals surface area contributed by atoms with Crippen molar-refractivity contribution >= 4 is 45.0 Å². The summed E-state index contributed by atoms with van der Waals surface area (Å²) in [5.74, 6) is -1.14. The van der Waals surface area contributed by atoms with Crippen LogP contribution in [0, 0.1) is 5.92 Å². The summed E-state index contributed by atoms with van der Waals surface area (Å²) in [5.41, 5.74) is 0. The van der Waals surface area contributed by atoms with Crippen molar-refractivity contribution in [1.82, 2.24) is 5.32 Å². The van der Waals surface area contributed by atoms with Gasteiger partial charge in [-0.1, -0.05) is 34.7 Å². The third kappa shape index (κ3) is 9.25. The van der Waals surface area contributed by atoms with Crippen LogP contribution in [-0.2, 0) is 23.9 Å². The van der Waals surface area contributed by atoms with Crippen molar-refractivity contribution in [1.29, 1.82) is 0 Å². The predicted octanol–water partition coefficient (Wildman–Crippen LogP) is 1.56. The summed E-state index contributed by atoms with van der Waals surface area (Å²) in [4.78, 5) is 45.7. The molecule has 0 aliphatic rings.